The molecule has 5 nitrogen and oxygen atoms in total. The van der Waals surface area contributed by atoms with Crippen LogP contribution in [0.25, 0.3) is 0 Å². The Kier molecular flexibility index (Phi) is 9.26. The summed E-state index contributed by atoms with van der Waals surface area (Å²) in [5.41, 5.74) is 9.62. The van der Waals surface area contributed by atoms with Crippen LogP contribution < -0.4 is 11.1 Å². The maximum atomic E-state index is 5.99. The first-order chi connectivity index (χ1) is 10.7. The molecule has 0 fully saturated rings. The summed E-state index contributed by atoms with van der Waals surface area (Å²) >= 11 is 0. The summed E-state index contributed by atoms with van der Waals surface area (Å²) in [6.07, 6.45) is 2.79. The van der Waals surface area contributed by atoms with E-state index in [9.17, 15) is 0 Å². The molecule has 0 aromatic heterocycles. The van der Waals surface area contributed by atoms with Crippen molar-refractivity contribution in [1.29, 1.82) is 0 Å². The lowest BCUT2D eigenvalue weighted by molar-refractivity contribution is 0.0702. The van der Waals surface area contributed by atoms with Crippen molar-refractivity contribution in [1.82, 2.24) is 0 Å². The van der Waals surface area contributed by atoms with E-state index in [1.165, 1.54) is 11.1 Å². The number of aryl methyl sites for hydroxylation is 2. The molecule has 0 radical (unpaired) electrons. The molecule has 0 aliphatic heterocycles. The maximum absolute atomic E-state index is 5.99. The van der Waals surface area contributed by atoms with E-state index in [1.54, 1.807) is 7.11 Å². The molecule has 0 aliphatic carbocycles. The number of hydrogen-bond acceptors (Lipinski definition) is 3. The highest BCUT2D eigenvalue weighted by Gasteiger charge is 2.06. The molecule has 0 amide bonds. The lowest BCUT2D eigenvalue weighted by Gasteiger charge is -2.14. The van der Waals surface area contributed by atoms with Gasteiger partial charge in [-0.1, -0.05) is 32.0 Å². The Morgan fingerprint density at radius 3 is 2.41 bits per heavy atom. The summed E-state index contributed by atoms with van der Waals surface area (Å²) in [5, 5.41) is 3.26. The first-order valence-corrected chi connectivity index (χ1v) is 7.97. The van der Waals surface area contributed by atoms with Gasteiger partial charge in [0.15, 0.2) is 5.96 Å². The highest BCUT2D eigenvalue weighted by molar-refractivity contribution is 5.93. The van der Waals surface area contributed by atoms with Crippen molar-refractivity contribution < 1.29 is 9.47 Å². The summed E-state index contributed by atoms with van der Waals surface area (Å²) in [7, 11) is 1.67. The monoisotopic (exact) mass is 307 g/mol. The molecule has 0 unspecified atom stereocenters. The molecule has 0 bridgehead atoms. The number of nitrogens with one attached hydrogen (secondary N) is 1. The molecular weight excluding hydrogens is 278 g/mol. The van der Waals surface area contributed by atoms with Gasteiger partial charge in [0.2, 0.25) is 0 Å². The molecule has 5 heteroatoms. The van der Waals surface area contributed by atoms with Gasteiger partial charge in [-0.25, -0.2) is 0 Å². The lowest BCUT2D eigenvalue weighted by atomic mass is 10.0. The number of benzene rings is 1. The number of para-hydroxylation sites is 1. The molecule has 124 valence electrons. The molecule has 0 aliphatic rings. The van der Waals surface area contributed by atoms with Crippen molar-refractivity contribution in [3.05, 3.63) is 29.3 Å². The van der Waals surface area contributed by atoms with Crippen molar-refractivity contribution in [3.63, 3.8) is 0 Å². The summed E-state index contributed by atoms with van der Waals surface area (Å²) < 4.78 is 10.3. The van der Waals surface area contributed by atoms with E-state index in [0.717, 1.165) is 24.9 Å². The summed E-state index contributed by atoms with van der Waals surface area (Å²) in [6.45, 7) is 6.86. The average molecular weight is 307 g/mol. The van der Waals surface area contributed by atoms with Crippen LogP contribution >= 0.6 is 0 Å². The van der Waals surface area contributed by atoms with Gasteiger partial charge in [-0.05, 0) is 30.4 Å². The van der Waals surface area contributed by atoms with Gasteiger partial charge in [-0.3, -0.25) is 4.99 Å². The lowest BCUT2D eigenvalue weighted by Crippen LogP contribution is -2.24. The van der Waals surface area contributed by atoms with Crippen LogP contribution in [0.4, 0.5) is 5.69 Å². The minimum Gasteiger partial charge on any atom is -0.382 e. The average Bonchev–Trinajstić information content (AvgIpc) is 2.54. The zero-order chi connectivity index (χ0) is 16.2. The first kappa shape index (κ1) is 18.5. The normalized spacial score (nSPS) is 11.7. The molecule has 1 rings (SSSR count). The Bertz CT molecular complexity index is 439. The molecule has 1 aromatic carbocycles. The van der Waals surface area contributed by atoms with Crippen LogP contribution in [0.2, 0.25) is 0 Å². The van der Waals surface area contributed by atoms with Crippen LogP contribution in [-0.4, -0.2) is 39.4 Å². The third kappa shape index (κ3) is 6.45. The third-order valence-corrected chi connectivity index (χ3v) is 3.41. The van der Waals surface area contributed by atoms with Crippen LogP contribution in [0, 0.1) is 0 Å². The molecule has 1 aromatic rings. The van der Waals surface area contributed by atoms with Gasteiger partial charge in [0.1, 0.15) is 0 Å². The molecule has 0 heterocycles. The van der Waals surface area contributed by atoms with Crippen molar-refractivity contribution >= 4 is 11.6 Å². The van der Waals surface area contributed by atoms with Crippen LogP contribution in [-0.2, 0) is 22.3 Å². The van der Waals surface area contributed by atoms with Gasteiger partial charge in [-0.2, -0.15) is 0 Å². The molecule has 3 N–H and O–H groups in total. The number of guanidine groups is 1. The predicted molar refractivity (Wildman–Crippen MR) is 92.6 cm³/mol. The number of hydrogen-bond donors (Lipinski definition) is 2. The fourth-order valence-corrected chi connectivity index (χ4v) is 2.18. The third-order valence-electron chi connectivity index (χ3n) is 3.41. The fraction of sp³-hybridized carbons (Fsp3) is 0.588. The van der Waals surface area contributed by atoms with E-state index in [1.807, 2.05) is 0 Å². The quantitative estimate of drug-likeness (QED) is 0.396. The van der Waals surface area contributed by atoms with Gasteiger partial charge >= 0.3 is 0 Å². The molecular formula is C17H29N3O2. The van der Waals surface area contributed by atoms with E-state index < -0.39 is 0 Å². The van der Waals surface area contributed by atoms with Crippen molar-refractivity contribution in [2.45, 2.75) is 33.1 Å². The van der Waals surface area contributed by atoms with Gasteiger partial charge < -0.3 is 20.5 Å². The fourth-order valence-electron chi connectivity index (χ4n) is 2.18. The topological polar surface area (TPSA) is 68.9 Å². The molecule has 0 saturated heterocycles. The van der Waals surface area contributed by atoms with E-state index in [-0.39, 0.29) is 0 Å². The number of anilines is 1. The second-order valence-electron chi connectivity index (χ2n) is 5.01. The van der Waals surface area contributed by atoms with Gasteiger partial charge in [0, 0.05) is 25.9 Å². The van der Waals surface area contributed by atoms with Gasteiger partial charge in [0.05, 0.1) is 13.2 Å². The Morgan fingerprint density at radius 1 is 1.14 bits per heavy atom. The Hall–Kier alpha value is -1.59. The Labute approximate surface area is 133 Å². The molecule has 0 atom stereocenters. The predicted octanol–water partition coefficient (Wildman–Crippen LogP) is 2.59. The summed E-state index contributed by atoms with van der Waals surface area (Å²) in [4.78, 5) is 4.36. The number of nitrogens with zero attached hydrogens (tertiary/aromatic N) is 1. The number of ether oxygens (including phenoxy) is 2. The van der Waals surface area contributed by atoms with Crippen LogP contribution in [0.5, 0.6) is 0 Å². The number of methoxy groups -OCH3 is 1. The number of aliphatic imine (C=N–C) groups is 1. The van der Waals surface area contributed by atoms with E-state index in [0.29, 0.717) is 32.3 Å². The van der Waals surface area contributed by atoms with Crippen molar-refractivity contribution in [2.24, 2.45) is 10.7 Å². The standard InChI is InChI=1S/C17H29N3O2/c1-4-14-8-6-9-15(5-2)16(14)20-17(18)19-10-7-11-22-13-12-21-3/h6,8-9H,4-5,7,10-13H2,1-3H3,(H3,18,19,20). The Morgan fingerprint density at radius 2 is 1.82 bits per heavy atom. The SMILES string of the molecule is CCc1cccc(CC)c1NC(N)=NCCCOCCOC. The van der Waals surface area contributed by atoms with Crippen molar-refractivity contribution in [3.8, 4) is 0 Å². The van der Waals surface area contributed by atoms with Crippen LogP contribution in [0.1, 0.15) is 31.4 Å². The Balaban J connectivity index is 2.47. The zero-order valence-electron chi connectivity index (χ0n) is 14.0. The minimum absolute atomic E-state index is 0.465. The maximum Gasteiger partial charge on any atom is 0.193 e. The van der Waals surface area contributed by atoms with Crippen molar-refractivity contribution in [2.75, 3.05) is 38.8 Å². The van der Waals surface area contributed by atoms with E-state index >= 15 is 0 Å². The largest absolute Gasteiger partial charge is 0.382 e. The highest BCUT2D eigenvalue weighted by atomic mass is 16.5. The smallest absolute Gasteiger partial charge is 0.193 e. The minimum atomic E-state index is 0.465. The van der Waals surface area contributed by atoms with Crippen LogP contribution in [0.3, 0.4) is 0 Å². The van der Waals surface area contributed by atoms with E-state index in [4.69, 9.17) is 15.2 Å². The zero-order valence-corrected chi connectivity index (χ0v) is 14.0. The van der Waals surface area contributed by atoms with Crippen LogP contribution in [0.15, 0.2) is 23.2 Å². The molecule has 22 heavy (non-hydrogen) atoms. The van der Waals surface area contributed by atoms with E-state index in [2.05, 4.69) is 42.4 Å². The second-order valence-corrected chi connectivity index (χ2v) is 5.01. The molecule has 0 saturated carbocycles. The van der Waals surface area contributed by atoms with Gasteiger partial charge in [0.25, 0.3) is 0 Å². The number of nitrogens with two attached hydrogens (primary N) is 1. The molecule has 0 spiro atoms. The second kappa shape index (κ2) is 11.0. The first-order valence-electron chi connectivity index (χ1n) is 7.97. The number of rotatable bonds is 10. The summed E-state index contributed by atoms with van der Waals surface area (Å²) in [6, 6.07) is 6.34. The van der Waals surface area contributed by atoms with Gasteiger partial charge in [-0.15, -0.1) is 0 Å². The highest BCUT2D eigenvalue weighted by Crippen LogP contribution is 2.22. The summed E-state index contributed by atoms with van der Waals surface area (Å²) in [5.74, 6) is 0.465.